The molecule has 0 aliphatic heterocycles. The van der Waals surface area contributed by atoms with E-state index < -0.39 is 60.4 Å². The molecule has 170 valence electrons. The SMILES string of the molecule is C[SiH](C)O[Si](C)(C)O[Si](C)(C)O[Si](C)(C)O[Si](C)(C)O[Si](C)(C)O[Si](C)(C)O. The van der Waals surface area contributed by atoms with Crippen LogP contribution in [-0.4, -0.2) is 65.2 Å². The fourth-order valence-corrected chi connectivity index (χ4v) is 34.7. The maximum Gasteiger partial charge on any atom is 0.320 e. The molecule has 0 radical (unpaired) electrons. The van der Waals surface area contributed by atoms with Gasteiger partial charge in [-0.3, -0.25) is 0 Å². The summed E-state index contributed by atoms with van der Waals surface area (Å²) < 4.78 is 37.7. The highest BCUT2D eigenvalue weighted by Crippen LogP contribution is 2.27. The zero-order chi connectivity index (χ0) is 22.8. The highest BCUT2D eigenvalue weighted by molar-refractivity contribution is 6.90. The highest BCUT2D eigenvalue weighted by atomic mass is 28.5. The van der Waals surface area contributed by atoms with Crippen molar-refractivity contribution in [3.63, 3.8) is 0 Å². The summed E-state index contributed by atoms with van der Waals surface area (Å²) in [4.78, 5) is 10.1. The van der Waals surface area contributed by atoms with Gasteiger partial charge in [-0.15, -0.1) is 0 Å². The predicted octanol–water partition coefficient (Wildman–Crippen LogP) is 4.27. The largest absolute Gasteiger partial charge is 0.440 e. The van der Waals surface area contributed by atoms with Crippen molar-refractivity contribution in [3.8, 4) is 0 Å². The minimum absolute atomic E-state index is 1.17. The van der Waals surface area contributed by atoms with Crippen LogP contribution in [0.1, 0.15) is 0 Å². The average molecular weight is 521 g/mol. The Morgan fingerprint density at radius 2 is 0.714 bits per heavy atom. The monoisotopic (exact) mass is 520 g/mol. The number of rotatable bonds is 12. The third-order valence-corrected chi connectivity index (χ3v) is 26.8. The zero-order valence-corrected chi connectivity index (χ0v) is 27.6. The van der Waals surface area contributed by atoms with Gasteiger partial charge in [-0.1, -0.05) is 0 Å². The minimum atomic E-state index is -2.67. The van der Waals surface area contributed by atoms with E-state index in [0.717, 1.165) is 0 Å². The third-order valence-electron chi connectivity index (χ3n) is 2.98. The van der Waals surface area contributed by atoms with Gasteiger partial charge in [-0.05, 0) is 91.7 Å². The summed E-state index contributed by atoms with van der Waals surface area (Å²) >= 11 is 0. The van der Waals surface area contributed by atoms with E-state index in [1.54, 1.807) is 13.1 Å². The fourth-order valence-electron chi connectivity index (χ4n) is 3.64. The van der Waals surface area contributed by atoms with Crippen LogP contribution in [0.4, 0.5) is 0 Å². The maximum atomic E-state index is 10.1. The third kappa shape index (κ3) is 14.3. The Morgan fingerprint density at radius 3 is 0.964 bits per heavy atom. The molecular formula is C14H44O7Si7. The first kappa shape index (κ1) is 29.2. The lowest BCUT2D eigenvalue weighted by Gasteiger charge is -2.42. The minimum Gasteiger partial charge on any atom is -0.440 e. The normalized spacial score (nSPS) is 15.4. The van der Waals surface area contributed by atoms with Gasteiger partial charge in [-0.25, -0.2) is 0 Å². The Labute approximate surface area is 181 Å². The van der Waals surface area contributed by atoms with Crippen LogP contribution in [0, 0.1) is 0 Å². The molecule has 0 aliphatic rings. The Kier molecular flexibility index (Phi) is 10.2. The molecule has 0 unspecified atom stereocenters. The van der Waals surface area contributed by atoms with Gasteiger partial charge in [0.05, 0.1) is 0 Å². The molecule has 28 heavy (non-hydrogen) atoms. The lowest BCUT2D eigenvalue weighted by Crippen LogP contribution is -2.60. The number of hydrogen-bond acceptors (Lipinski definition) is 7. The second-order valence-electron chi connectivity index (χ2n) is 10.1. The standard InChI is InChI=1S/C14H44O7Si7/c1-22(2)16-24(5,6)18-26(9,10)20-28(13,14)21-27(11,12)19-25(7,8)17-23(3,4)15/h15,22H,1-14H3. The van der Waals surface area contributed by atoms with Gasteiger partial charge in [0.1, 0.15) is 0 Å². The summed E-state index contributed by atoms with van der Waals surface area (Å²) in [5, 5.41) is 0. The van der Waals surface area contributed by atoms with Crippen LogP contribution in [0.2, 0.25) is 91.7 Å². The van der Waals surface area contributed by atoms with Gasteiger partial charge < -0.3 is 29.5 Å². The first-order chi connectivity index (χ1) is 12.0. The zero-order valence-electron chi connectivity index (χ0n) is 20.5. The second kappa shape index (κ2) is 9.80. The first-order valence-electron chi connectivity index (χ1n) is 9.86. The summed E-state index contributed by atoms with van der Waals surface area (Å²) in [5.74, 6) is 0. The quantitative estimate of drug-likeness (QED) is 0.385. The van der Waals surface area contributed by atoms with Gasteiger partial charge in [0.2, 0.25) is 0 Å². The van der Waals surface area contributed by atoms with E-state index in [4.69, 9.17) is 24.7 Å². The lowest BCUT2D eigenvalue weighted by atomic mass is 11.9. The molecule has 0 aromatic carbocycles. The van der Waals surface area contributed by atoms with Gasteiger partial charge in [0.25, 0.3) is 0 Å². The van der Waals surface area contributed by atoms with Crippen molar-refractivity contribution in [2.75, 3.05) is 0 Å². The number of hydrogen-bond donors (Lipinski definition) is 1. The van der Waals surface area contributed by atoms with Crippen LogP contribution < -0.4 is 0 Å². The van der Waals surface area contributed by atoms with Crippen LogP contribution in [0.25, 0.3) is 0 Å². The van der Waals surface area contributed by atoms with Crippen molar-refractivity contribution in [1.29, 1.82) is 0 Å². The molecule has 7 nitrogen and oxygen atoms in total. The molecule has 0 aliphatic carbocycles. The maximum absolute atomic E-state index is 10.1. The summed E-state index contributed by atoms with van der Waals surface area (Å²) in [6, 6.07) is 0. The summed E-state index contributed by atoms with van der Waals surface area (Å²) in [6.45, 7) is 28.1. The van der Waals surface area contributed by atoms with Crippen molar-refractivity contribution >= 4 is 60.4 Å². The predicted molar refractivity (Wildman–Crippen MR) is 132 cm³/mol. The molecule has 0 heterocycles. The molecule has 0 saturated heterocycles. The molecule has 1 N–H and O–H groups in total. The topological polar surface area (TPSA) is 75.6 Å². The molecule has 0 fully saturated rings. The van der Waals surface area contributed by atoms with Crippen LogP contribution in [0.15, 0.2) is 0 Å². The second-order valence-corrected chi connectivity index (χ2v) is 34.1. The molecule has 0 spiro atoms. The average Bonchev–Trinajstić information content (AvgIpc) is 2.12. The molecule has 0 rings (SSSR count). The van der Waals surface area contributed by atoms with Crippen molar-refractivity contribution in [1.82, 2.24) is 0 Å². The van der Waals surface area contributed by atoms with Gasteiger partial charge >= 0.3 is 51.4 Å². The van der Waals surface area contributed by atoms with Crippen LogP contribution in [-0.2, 0) is 24.7 Å². The molecule has 14 heteroatoms. The first-order valence-corrected chi connectivity index (χ1v) is 29.6. The van der Waals surface area contributed by atoms with E-state index in [1.165, 1.54) is 0 Å². The fraction of sp³-hybridized carbons (Fsp3) is 1.00. The summed E-state index contributed by atoms with van der Waals surface area (Å²) in [7, 11) is -16.0. The molecule has 0 aromatic heterocycles. The summed E-state index contributed by atoms with van der Waals surface area (Å²) in [6.07, 6.45) is 0. The molecule has 0 atom stereocenters. The van der Waals surface area contributed by atoms with Crippen LogP contribution in [0.3, 0.4) is 0 Å². The molecular weight excluding hydrogens is 477 g/mol. The van der Waals surface area contributed by atoms with E-state index in [-0.39, 0.29) is 0 Å². The van der Waals surface area contributed by atoms with E-state index in [1.807, 2.05) is 39.3 Å². The van der Waals surface area contributed by atoms with Crippen molar-refractivity contribution in [3.05, 3.63) is 0 Å². The Hall–Kier alpha value is 1.24. The van der Waals surface area contributed by atoms with E-state index in [0.29, 0.717) is 0 Å². The van der Waals surface area contributed by atoms with Crippen molar-refractivity contribution in [2.24, 2.45) is 0 Å². The van der Waals surface area contributed by atoms with E-state index in [9.17, 15) is 4.80 Å². The molecule has 0 bridgehead atoms. The lowest BCUT2D eigenvalue weighted by molar-refractivity contribution is 0.264. The smallest absolute Gasteiger partial charge is 0.320 e. The molecule has 0 aromatic rings. The molecule has 0 amide bonds. The van der Waals surface area contributed by atoms with Crippen LogP contribution in [0.5, 0.6) is 0 Å². The van der Waals surface area contributed by atoms with Crippen molar-refractivity contribution in [2.45, 2.75) is 91.7 Å². The Balaban J connectivity index is 5.09. The molecule has 0 saturated carbocycles. The van der Waals surface area contributed by atoms with Crippen molar-refractivity contribution < 1.29 is 29.5 Å². The summed E-state index contributed by atoms with van der Waals surface area (Å²) in [5.41, 5.74) is 0. The van der Waals surface area contributed by atoms with Gasteiger partial charge in [0, 0.05) is 0 Å². The highest BCUT2D eigenvalue weighted by Gasteiger charge is 2.47. The van der Waals surface area contributed by atoms with Gasteiger partial charge in [0.15, 0.2) is 9.04 Å². The Bertz CT molecular complexity index is 505. The van der Waals surface area contributed by atoms with Gasteiger partial charge in [-0.2, -0.15) is 0 Å². The van der Waals surface area contributed by atoms with Crippen LogP contribution >= 0.6 is 0 Å². The van der Waals surface area contributed by atoms with E-state index in [2.05, 4.69) is 39.3 Å². The Morgan fingerprint density at radius 1 is 0.464 bits per heavy atom. The van der Waals surface area contributed by atoms with E-state index >= 15 is 0 Å².